The lowest BCUT2D eigenvalue weighted by atomic mass is 9.81. The zero-order valence-corrected chi connectivity index (χ0v) is 73.9. The van der Waals surface area contributed by atoms with Crippen LogP contribution in [0.1, 0.15) is 99.9 Å². The van der Waals surface area contributed by atoms with E-state index >= 15 is 0 Å². The molecule has 0 unspecified atom stereocenters. The van der Waals surface area contributed by atoms with Crippen LogP contribution in [0.25, 0.3) is 221 Å². The molecule has 0 amide bonds. The van der Waals surface area contributed by atoms with E-state index in [0.717, 1.165) is 116 Å². The lowest BCUT2D eigenvalue weighted by molar-refractivity contribution is 0.660. The van der Waals surface area contributed by atoms with Gasteiger partial charge in [-0.3, -0.25) is 0 Å². The van der Waals surface area contributed by atoms with Gasteiger partial charge < -0.3 is 0 Å². The van der Waals surface area contributed by atoms with Crippen molar-refractivity contribution in [1.82, 2.24) is 19.9 Å². The van der Waals surface area contributed by atoms with Crippen LogP contribution < -0.4 is 0 Å². The maximum Gasteiger partial charge on any atom is 0.0794 e. The number of nitrogens with zero attached hydrogens (tertiary/aromatic N) is 4. The molecule has 4 aromatic heterocycles. The van der Waals surface area contributed by atoms with E-state index in [-0.39, 0.29) is 21.7 Å². The van der Waals surface area contributed by atoms with Crippen molar-refractivity contribution in [3.05, 3.63) is 445 Å². The predicted molar refractivity (Wildman–Crippen MR) is 546 cm³/mol. The second-order valence-corrected chi connectivity index (χ2v) is 38.2. The molecule has 0 radical (unpaired) electrons. The van der Waals surface area contributed by atoms with Gasteiger partial charge in [0.15, 0.2) is 0 Å². The standard InChI is InChI=1S/C64H46N2.C62H44N2/c1-63(2)55-23-13-10-19-45(55)47-32-30-42(34-57(47)63)51-36-54-53(40-26-28-41(29-27-40)60-37-52(39-16-6-5-7-17-39)49-21-12-15-25-59(49)65-60)38-61(66-62(54)50-22-9-8-18-44(50)51)43-31-33-48-46-20-11-14-24-56(46)64(3,4)58(48)35-43;1-61(2)52-21-11-7-16-42(52)44-31-29-39(33-54(44)61)49-35-51-50(37-25-27-38(28-26-37)59-47-19-9-13-23-56(47)63-57-24-14-10-20-48(57)59)36-58(64-60(51)46-18-6-5-15-41(46)49)40-30-32-45-43-17-8-12-22-53(43)62(3,4)55(45)34-40/h5-38H,1-4H3;5-36H,1-4H3. The molecule has 26 rings (SSSR count). The Morgan fingerprint density at radius 2 is 0.408 bits per heavy atom. The Kier molecular flexibility index (Phi) is 17.1. The lowest BCUT2D eigenvalue weighted by Gasteiger charge is -2.22. The molecule has 0 bridgehead atoms. The van der Waals surface area contributed by atoms with Crippen LogP contribution >= 0.6 is 0 Å². The van der Waals surface area contributed by atoms with Gasteiger partial charge in [0, 0.05) is 81.6 Å². The number of para-hydroxylation sites is 3. The average molecular weight is 1660 g/mol. The van der Waals surface area contributed by atoms with Crippen LogP contribution in [0.15, 0.2) is 400 Å². The fraction of sp³-hybridized carbons (Fsp3) is 0.0952. The number of rotatable bonds is 9. The molecule has 4 heteroatoms. The molecular weight excluding hydrogens is 1570 g/mol. The van der Waals surface area contributed by atoms with Gasteiger partial charge in [0.05, 0.1) is 44.7 Å². The Hall–Kier alpha value is -15.6. The normalized spacial score (nSPS) is 14.1. The number of hydrogen-bond donors (Lipinski definition) is 0. The van der Waals surface area contributed by atoms with Crippen LogP contribution in [0.3, 0.4) is 0 Å². The number of hydrogen-bond acceptors (Lipinski definition) is 4. The second kappa shape index (κ2) is 29.0. The molecule has 0 fully saturated rings. The zero-order valence-electron chi connectivity index (χ0n) is 73.9. The molecule has 4 aliphatic carbocycles. The highest BCUT2D eigenvalue weighted by Gasteiger charge is 2.40. The van der Waals surface area contributed by atoms with Crippen molar-refractivity contribution in [1.29, 1.82) is 0 Å². The van der Waals surface area contributed by atoms with E-state index in [1.54, 1.807) is 0 Å². The Morgan fingerprint density at radius 3 is 0.808 bits per heavy atom. The minimum absolute atomic E-state index is 0.102. The van der Waals surface area contributed by atoms with Crippen molar-refractivity contribution >= 4 is 76.1 Å². The van der Waals surface area contributed by atoms with Gasteiger partial charge in [0.25, 0.3) is 0 Å². The SMILES string of the molecule is CC1(C)c2ccccc2-c2ccc(-c3cc(-c4ccc(-c5c6ccccc6nc6ccccc56)cc4)c4cc(-c5ccc6c(c5)C(C)(C)c5ccccc5-6)c5ccccc5c4n3)cc21.CC1(C)c2ccccc2-c2ccc(-c3cc(-c4ccc(-c5cc(-c6ccccc6)c6ccccc6n5)cc4)c4cc(-c5ccc6c(c5)C(C)(C)c5ccccc5-6)c5ccccc5c4n3)cc21. The summed E-state index contributed by atoms with van der Waals surface area (Å²) in [6.45, 7) is 18.9. The molecular formula is C126H90N4. The summed E-state index contributed by atoms with van der Waals surface area (Å²) in [7, 11) is 0. The Bertz CT molecular complexity index is 8520. The van der Waals surface area contributed by atoms with Crippen molar-refractivity contribution < 1.29 is 0 Å². The van der Waals surface area contributed by atoms with Crippen molar-refractivity contribution in [2.75, 3.05) is 0 Å². The monoisotopic (exact) mass is 1660 g/mol. The molecule has 0 saturated heterocycles. The van der Waals surface area contributed by atoms with Gasteiger partial charge in [0.2, 0.25) is 0 Å². The average Bonchev–Trinajstić information content (AvgIpc) is 1.71. The number of aromatic nitrogens is 4. The van der Waals surface area contributed by atoms with Crippen LogP contribution in [0.2, 0.25) is 0 Å². The number of pyridine rings is 4. The van der Waals surface area contributed by atoms with Gasteiger partial charge in [-0.1, -0.05) is 383 Å². The smallest absolute Gasteiger partial charge is 0.0794 e. The summed E-state index contributed by atoms with van der Waals surface area (Å²) in [6.07, 6.45) is 0. The summed E-state index contributed by atoms with van der Waals surface area (Å²) in [6, 6.07) is 148. The summed E-state index contributed by atoms with van der Waals surface area (Å²) in [5, 5.41) is 10.4. The van der Waals surface area contributed by atoms with Gasteiger partial charge >= 0.3 is 0 Å². The first kappa shape index (κ1) is 76.8. The molecule has 614 valence electrons. The fourth-order valence-electron chi connectivity index (χ4n) is 22.8. The van der Waals surface area contributed by atoms with Gasteiger partial charge in [-0.05, 0) is 234 Å². The van der Waals surface area contributed by atoms with Crippen LogP contribution in [0, 0.1) is 0 Å². The van der Waals surface area contributed by atoms with E-state index in [0.29, 0.717) is 0 Å². The van der Waals surface area contributed by atoms with Crippen molar-refractivity contribution in [3.8, 4) is 145 Å². The third-order valence-corrected chi connectivity index (χ3v) is 29.6. The Balaban J connectivity index is 0.000000140. The minimum Gasteiger partial charge on any atom is -0.248 e. The molecule has 0 saturated carbocycles. The molecule has 18 aromatic carbocycles. The Morgan fingerprint density at radius 1 is 0.146 bits per heavy atom. The van der Waals surface area contributed by atoms with Crippen LogP contribution in [0.4, 0.5) is 0 Å². The second-order valence-electron chi connectivity index (χ2n) is 38.2. The first-order valence-corrected chi connectivity index (χ1v) is 45.6. The van der Waals surface area contributed by atoms with Crippen LogP contribution in [-0.4, -0.2) is 19.9 Å². The highest BCUT2D eigenvalue weighted by atomic mass is 14.7. The van der Waals surface area contributed by atoms with E-state index < -0.39 is 0 Å². The van der Waals surface area contributed by atoms with Gasteiger partial charge in [-0.25, -0.2) is 19.9 Å². The quantitative estimate of drug-likeness (QED) is 0.107. The van der Waals surface area contributed by atoms with Gasteiger partial charge in [-0.2, -0.15) is 0 Å². The maximum atomic E-state index is 5.65. The number of benzene rings is 18. The molecule has 4 nitrogen and oxygen atoms in total. The molecule has 22 aromatic rings. The Labute approximate surface area is 757 Å². The third-order valence-electron chi connectivity index (χ3n) is 29.6. The summed E-state index contributed by atoms with van der Waals surface area (Å²) >= 11 is 0. The molecule has 0 N–H and O–H groups in total. The zero-order chi connectivity index (χ0) is 87.2. The summed E-state index contributed by atoms with van der Waals surface area (Å²) < 4.78 is 0. The summed E-state index contributed by atoms with van der Waals surface area (Å²) in [5.74, 6) is 0. The fourth-order valence-corrected chi connectivity index (χ4v) is 22.8. The predicted octanol–water partition coefficient (Wildman–Crippen LogP) is 33.3. The van der Waals surface area contributed by atoms with Crippen molar-refractivity contribution in [3.63, 3.8) is 0 Å². The first-order chi connectivity index (χ1) is 63.5. The van der Waals surface area contributed by atoms with E-state index in [9.17, 15) is 0 Å². The van der Waals surface area contributed by atoms with Crippen molar-refractivity contribution in [2.45, 2.75) is 77.0 Å². The van der Waals surface area contributed by atoms with E-state index in [1.807, 2.05) is 0 Å². The lowest BCUT2D eigenvalue weighted by Crippen LogP contribution is -2.15. The van der Waals surface area contributed by atoms with E-state index in [1.165, 1.54) is 150 Å². The van der Waals surface area contributed by atoms with Gasteiger partial charge in [-0.15, -0.1) is 0 Å². The number of fused-ring (bicyclic) bond motifs is 21. The minimum atomic E-state index is -0.123. The maximum absolute atomic E-state index is 5.65. The topological polar surface area (TPSA) is 51.6 Å². The van der Waals surface area contributed by atoms with Gasteiger partial charge in [0.1, 0.15) is 0 Å². The summed E-state index contributed by atoms with van der Waals surface area (Å²) in [5.41, 5.74) is 46.6. The third kappa shape index (κ3) is 11.8. The highest BCUT2D eigenvalue weighted by molar-refractivity contribution is 6.19. The molecule has 0 spiro atoms. The van der Waals surface area contributed by atoms with E-state index in [4.69, 9.17) is 19.9 Å². The first-order valence-electron chi connectivity index (χ1n) is 45.6. The van der Waals surface area contributed by atoms with Crippen LogP contribution in [0.5, 0.6) is 0 Å². The molecule has 0 atom stereocenters. The largest absolute Gasteiger partial charge is 0.248 e. The van der Waals surface area contributed by atoms with E-state index in [2.05, 4.69) is 456 Å². The molecule has 0 aliphatic heterocycles. The van der Waals surface area contributed by atoms with Crippen LogP contribution in [-0.2, 0) is 21.7 Å². The summed E-state index contributed by atoms with van der Waals surface area (Å²) in [4.78, 5) is 21.5. The molecule has 4 aliphatic rings. The molecule has 4 heterocycles. The molecule has 130 heavy (non-hydrogen) atoms. The highest BCUT2D eigenvalue weighted by Crippen LogP contribution is 2.57. The van der Waals surface area contributed by atoms with Crippen molar-refractivity contribution in [2.24, 2.45) is 0 Å².